The smallest absolute Gasteiger partial charge is 0.153 e. The van der Waals surface area contributed by atoms with Crippen LogP contribution in [0.3, 0.4) is 0 Å². The number of nitrogens with two attached hydrogens (primary N) is 1. The average Bonchev–Trinajstić information content (AvgIpc) is 2.38. The predicted molar refractivity (Wildman–Crippen MR) is 82.9 cm³/mol. The van der Waals surface area contributed by atoms with Gasteiger partial charge in [0, 0.05) is 20.1 Å². The van der Waals surface area contributed by atoms with Crippen molar-refractivity contribution in [2.24, 2.45) is 5.73 Å². The molecule has 1 aromatic rings. The van der Waals surface area contributed by atoms with Crippen LogP contribution in [-0.4, -0.2) is 25.5 Å². The van der Waals surface area contributed by atoms with E-state index >= 15 is 0 Å². The number of hydrogen-bond acceptors (Lipinski definition) is 3. The van der Waals surface area contributed by atoms with Crippen LogP contribution >= 0.6 is 0 Å². The number of ketones is 1. The second-order valence-corrected chi connectivity index (χ2v) is 6.33. The molecular formula is C17H27NO2. The van der Waals surface area contributed by atoms with Crippen molar-refractivity contribution in [1.29, 1.82) is 0 Å². The first kappa shape index (κ1) is 16.9. The second-order valence-electron chi connectivity index (χ2n) is 6.33. The molecule has 0 saturated heterocycles. The zero-order valence-electron chi connectivity index (χ0n) is 13.1. The molecule has 3 nitrogen and oxygen atoms in total. The molecule has 0 aliphatic carbocycles. The van der Waals surface area contributed by atoms with Gasteiger partial charge < -0.3 is 10.5 Å². The largest absolute Gasteiger partial charge is 0.385 e. The molecule has 0 fully saturated rings. The van der Waals surface area contributed by atoms with E-state index in [4.69, 9.17) is 10.5 Å². The summed E-state index contributed by atoms with van der Waals surface area (Å²) in [5, 5.41) is 0. The molecule has 0 bridgehead atoms. The Kier molecular flexibility index (Phi) is 6.37. The Morgan fingerprint density at radius 3 is 2.35 bits per heavy atom. The molecule has 1 rings (SSSR count). The lowest BCUT2D eigenvalue weighted by atomic mass is 9.86. The van der Waals surface area contributed by atoms with Gasteiger partial charge in [-0.1, -0.05) is 45.0 Å². The first-order chi connectivity index (χ1) is 9.34. The van der Waals surface area contributed by atoms with Crippen LogP contribution in [0.15, 0.2) is 24.3 Å². The Bertz CT molecular complexity index is 418. The zero-order chi connectivity index (χ0) is 15.2. The molecule has 0 spiro atoms. The maximum atomic E-state index is 12.0. The van der Waals surface area contributed by atoms with Gasteiger partial charge in [-0.25, -0.2) is 0 Å². The van der Waals surface area contributed by atoms with Gasteiger partial charge >= 0.3 is 0 Å². The second kappa shape index (κ2) is 7.55. The lowest BCUT2D eigenvalue weighted by Gasteiger charge is -2.19. The van der Waals surface area contributed by atoms with E-state index in [1.54, 1.807) is 7.11 Å². The minimum absolute atomic E-state index is 0.101. The minimum atomic E-state index is -0.382. The fraction of sp³-hybridized carbons (Fsp3) is 0.588. The highest BCUT2D eigenvalue weighted by Gasteiger charge is 2.15. The highest BCUT2D eigenvalue weighted by Crippen LogP contribution is 2.22. The SMILES string of the molecule is COCCCC(N)C(=O)Cc1ccc(C(C)(C)C)cc1. The lowest BCUT2D eigenvalue weighted by molar-refractivity contribution is -0.119. The Morgan fingerprint density at radius 1 is 1.25 bits per heavy atom. The van der Waals surface area contributed by atoms with Gasteiger partial charge in [0.2, 0.25) is 0 Å². The molecule has 0 radical (unpaired) electrons. The molecule has 0 aliphatic heterocycles. The summed E-state index contributed by atoms with van der Waals surface area (Å²) in [5.74, 6) is 0.101. The number of Topliss-reactive ketones (excluding diaryl/α,β-unsaturated/α-hetero) is 1. The molecule has 2 N–H and O–H groups in total. The van der Waals surface area contributed by atoms with Crippen LogP contribution in [0, 0.1) is 0 Å². The fourth-order valence-electron chi connectivity index (χ4n) is 2.06. The molecule has 0 amide bonds. The lowest BCUT2D eigenvalue weighted by Crippen LogP contribution is -2.32. The van der Waals surface area contributed by atoms with E-state index in [2.05, 4.69) is 32.9 Å². The number of benzene rings is 1. The molecule has 0 saturated carbocycles. The maximum absolute atomic E-state index is 12.0. The molecule has 1 unspecified atom stereocenters. The number of methoxy groups -OCH3 is 1. The van der Waals surface area contributed by atoms with E-state index in [-0.39, 0.29) is 17.2 Å². The highest BCUT2D eigenvalue weighted by atomic mass is 16.5. The maximum Gasteiger partial charge on any atom is 0.153 e. The molecule has 0 aliphatic rings. The van der Waals surface area contributed by atoms with Crippen LogP contribution in [0.4, 0.5) is 0 Å². The van der Waals surface area contributed by atoms with Crippen LogP contribution < -0.4 is 5.73 Å². The summed E-state index contributed by atoms with van der Waals surface area (Å²) < 4.78 is 4.97. The van der Waals surface area contributed by atoms with Crippen LogP contribution in [0.1, 0.15) is 44.7 Å². The Balaban J connectivity index is 2.54. The molecular weight excluding hydrogens is 250 g/mol. The molecule has 20 heavy (non-hydrogen) atoms. The van der Waals surface area contributed by atoms with Crippen molar-refractivity contribution in [3.05, 3.63) is 35.4 Å². The number of carbonyl (C=O) groups excluding carboxylic acids is 1. The van der Waals surface area contributed by atoms with Crippen molar-refractivity contribution in [2.75, 3.05) is 13.7 Å². The van der Waals surface area contributed by atoms with Gasteiger partial charge in [-0.05, 0) is 29.4 Å². The van der Waals surface area contributed by atoms with Gasteiger partial charge in [0.25, 0.3) is 0 Å². The van der Waals surface area contributed by atoms with Gasteiger partial charge in [-0.3, -0.25) is 4.79 Å². The highest BCUT2D eigenvalue weighted by molar-refractivity contribution is 5.85. The van der Waals surface area contributed by atoms with Crippen molar-refractivity contribution >= 4 is 5.78 Å². The number of ether oxygens (including phenoxy) is 1. The van der Waals surface area contributed by atoms with Crippen molar-refractivity contribution in [1.82, 2.24) is 0 Å². The van der Waals surface area contributed by atoms with E-state index in [0.717, 1.165) is 12.0 Å². The summed E-state index contributed by atoms with van der Waals surface area (Å²) in [6.07, 6.45) is 1.93. The van der Waals surface area contributed by atoms with E-state index in [1.807, 2.05) is 12.1 Å². The van der Waals surface area contributed by atoms with Gasteiger partial charge in [0.15, 0.2) is 5.78 Å². The fourth-order valence-corrected chi connectivity index (χ4v) is 2.06. The van der Waals surface area contributed by atoms with Crippen LogP contribution in [0.25, 0.3) is 0 Å². The minimum Gasteiger partial charge on any atom is -0.385 e. The number of hydrogen-bond donors (Lipinski definition) is 1. The molecule has 0 heterocycles. The van der Waals surface area contributed by atoms with Gasteiger partial charge in [-0.2, -0.15) is 0 Å². The average molecular weight is 277 g/mol. The zero-order valence-corrected chi connectivity index (χ0v) is 13.1. The van der Waals surface area contributed by atoms with Gasteiger partial charge in [-0.15, -0.1) is 0 Å². The Labute approximate surface area is 122 Å². The van der Waals surface area contributed by atoms with Gasteiger partial charge in [0.1, 0.15) is 0 Å². The first-order valence-corrected chi connectivity index (χ1v) is 7.21. The van der Waals surface area contributed by atoms with Crippen molar-refractivity contribution in [3.63, 3.8) is 0 Å². The third kappa shape index (κ3) is 5.43. The summed E-state index contributed by atoms with van der Waals surface area (Å²) in [7, 11) is 1.66. The molecule has 3 heteroatoms. The van der Waals surface area contributed by atoms with Crippen LogP contribution in [-0.2, 0) is 21.4 Å². The van der Waals surface area contributed by atoms with Crippen LogP contribution in [0.5, 0.6) is 0 Å². The third-order valence-electron chi connectivity index (χ3n) is 3.48. The summed E-state index contributed by atoms with van der Waals surface area (Å²) in [4.78, 5) is 12.0. The number of carbonyl (C=O) groups is 1. The van der Waals surface area contributed by atoms with E-state index < -0.39 is 0 Å². The van der Waals surface area contributed by atoms with E-state index in [1.165, 1.54) is 5.56 Å². The normalized spacial score (nSPS) is 13.2. The Hall–Kier alpha value is -1.19. The topological polar surface area (TPSA) is 52.3 Å². The summed E-state index contributed by atoms with van der Waals surface area (Å²) in [6.45, 7) is 7.19. The van der Waals surface area contributed by atoms with Crippen molar-refractivity contribution < 1.29 is 9.53 Å². The van der Waals surface area contributed by atoms with Crippen molar-refractivity contribution in [3.8, 4) is 0 Å². The summed E-state index contributed by atoms with van der Waals surface area (Å²) in [5.41, 5.74) is 8.35. The quantitative estimate of drug-likeness (QED) is 0.780. The standard InChI is InChI=1S/C17H27NO2/c1-17(2,3)14-9-7-13(8-10-14)12-16(19)15(18)6-5-11-20-4/h7-10,15H,5-6,11-12,18H2,1-4H3. The van der Waals surface area contributed by atoms with Crippen LogP contribution in [0.2, 0.25) is 0 Å². The molecule has 112 valence electrons. The van der Waals surface area contributed by atoms with E-state index in [9.17, 15) is 4.79 Å². The van der Waals surface area contributed by atoms with E-state index in [0.29, 0.717) is 19.4 Å². The summed E-state index contributed by atoms with van der Waals surface area (Å²) >= 11 is 0. The van der Waals surface area contributed by atoms with Gasteiger partial charge in [0.05, 0.1) is 6.04 Å². The predicted octanol–water partition coefficient (Wildman–Crippen LogP) is 2.85. The molecule has 1 atom stereocenters. The van der Waals surface area contributed by atoms with Crippen molar-refractivity contribution in [2.45, 2.75) is 51.5 Å². The summed E-state index contributed by atoms with van der Waals surface area (Å²) in [6, 6.07) is 7.87. The first-order valence-electron chi connectivity index (χ1n) is 7.21. The molecule has 0 aromatic heterocycles. The molecule has 1 aromatic carbocycles. The third-order valence-corrected chi connectivity index (χ3v) is 3.48. The Morgan fingerprint density at radius 2 is 1.85 bits per heavy atom. The number of rotatable bonds is 7. The monoisotopic (exact) mass is 277 g/mol.